The van der Waals surface area contributed by atoms with E-state index in [-0.39, 0.29) is 5.54 Å². The Morgan fingerprint density at radius 1 is 1.56 bits per heavy atom. The van der Waals surface area contributed by atoms with Gasteiger partial charge >= 0.3 is 0 Å². The molecule has 1 aliphatic heterocycles. The number of nitrogens with two attached hydrogens (primary N) is 1. The molecule has 4 heteroatoms. The van der Waals surface area contributed by atoms with Crippen molar-refractivity contribution in [3.63, 3.8) is 0 Å². The quantitative estimate of drug-likeness (QED) is 0.906. The van der Waals surface area contributed by atoms with E-state index in [0.29, 0.717) is 5.96 Å². The molecule has 0 saturated heterocycles. The van der Waals surface area contributed by atoms with Crippen LogP contribution in [0.25, 0.3) is 0 Å². The van der Waals surface area contributed by atoms with Crippen molar-refractivity contribution in [1.29, 1.82) is 0 Å². The highest BCUT2D eigenvalue weighted by Crippen LogP contribution is 2.32. The molecule has 2 N–H and O–H groups in total. The lowest BCUT2D eigenvalue weighted by atomic mass is 9.97. The summed E-state index contributed by atoms with van der Waals surface area (Å²) >= 11 is 3.48. The van der Waals surface area contributed by atoms with Gasteiger partial charge in [-0.05, 0) is 31.5 Å². The zero-order chi connectivity index (χ0) is 11.8. The van der Waals surface area contributed by atoms with Crippen molar-refractivity contribution < 1.29 is 0 Å². The summed E-state index contributed by atoms with van der Waals surface area (Å²) in [6.07, 6.45) is 1.02. The van der Waals surface area contributed by atoms with E-state index in [1.807, 2.05) is 12.1 Å². The Bertz CT molecular complexity index is 430. The first-order chi connectivity index (χ1) is 7.57. The predicted molar refractivity (Wildman–Crippen MR) is 71.8 cm³/mol. The van der Waals surface area contributed by atoms with Crippen LogP contribution >= 0.6 is 15.9 Å². The molecule has 0 fully saturated rings. The van der Waals surface area contributed by atoms with E-state index >= 15 is 0 Å². The molecule has 1 heterocycles. The molecule has 0 radical (unpaired) electrons. The average molecular weight is 282 g/mol. The van der Waals surface area contributed by atoms with Gasteiger partial charge in [0.1, 0.15) is 0 Å². The number of rotatable bonds is 2. The van der Waals surface area contributed by atoms with Crippen LogP contribution in [-0.2, 0) is 0 Å². The molecular formula is C12H16BrN3. The molecule has 2 rings (SSSR count). The van der Waals surface area contributed by atoms with Crippen molar-refractivity contribution in [1.82, 2.24) is 0 Å². The summed E-state index contributed by atoms with van der Waals surface area (Å²) in [7, 11) is 0. The van der Waals surface area contributed by atoms with Gasteiger partial charge in [-0.2, -0.15) is 0 Å². The van der Waals surface area contributed by atoms with Crippen LogP contribution in [0, 0.1) is 0 Å². The van der Waals surface area contributed by atoms with Gasteiger partial charge in [-0.25, -0.2) is 0 Å². The van der Waals surface area contributed by atoms with E-state index in [4.69, 9.17) is 5.73 Å². The van der Waals surface area contributed by atoms with Crippen molar-refractivity contribution in [2.75, 3.05) is 11.4 Å². The summed E-state index contributed by atoms with van der Waals surface area (Å²) in [6, 6.07) is 8.16. The number of anilines is 1. The van der Waals surface area contributed by atoms with Crippen LogP contribution in [0.1, 0.15) is 20.3 Å². The smallest absolute Gasteiger partial charge is 0.196 e. The van der Waals surface area contributed by atoms with Crippen LogP contribution in [0.3, 0.4) is 0 Å². The molecule has 1 aromatic carbocycles. The van der Waals surface area contributed by atoms with Crippen LogP contribution in [0.15, 0.2) is 33.7 Å². The molecule has 0 bridgehead atoms. The van der Waals surface area contributed by atoms with Gasteiger partial charge in [-0.3, -0.25) is 4.99 Å². The van der Waals surface area contributed by atoms with Crippen molar-refractivity contribution in [2.24, 2.45) is 10.7 Å². The number of benzene rings is 1. The fraction of sp³-hybridized carbons (Fsp3) is 0.417. The largest absolute Gasteiger partial charge is 0.369 e. The molecular weight excluding hydrogens is 266 g/mol. The van der Waals surface area contributed by atoms with Gasteiger partial charge in [-0.1, -0.05) is 28.9 Å². The van der Waals surface area contributed by atoms with Gasteiger partial charge in [0, 0.05) is 10.2 Å². The second-order valence-corrected chi connectivity index (χ2v) is 5.26. The summed E-state index contributed by atoms with van der Waals surface area (Å²) in [4.78, 5) is 6.48. The highest BCUT2D eigenvalue weighted by Gasteiger charge is 2.37. The molecule has 1 aliphatic rings. The second-order valence-electron chi connectivity index (χ2n) is 4.34. The van der Waals surface area contributed by atoms with E-state index in [1.165, 1.54) is 0 Å². The van der Waals surface area contributed by atoms with Crippen molar-refractivity contribution in [2.45, 2.75) is 25.8 Å². The maximum absolute atomic E-state index is 5.97. The third-order valence-electron chi connectivity index (χ3n) is 3.18. The molecule has 0 aliphatic carbocycles. The first-order valence-electron chi connectivity index (χ1n) is 5.42. The fourth-order valence-electron chi connectivity index (χ4n) is 2.00. The Kier molecular flexibility index (Phi) is 2.93. The third-order valence-corrected chi connectivity index (χ3v) is 3.67. The summed E-state index contributed by atoms with van der Waals surface area (Å²) in [5, 5.41) is 0. The molecule has 0 saturated carbocycles. The Labute approximate surface area is 104 Å². The number of hydrogen-bond donors (Lipinski definition) is 1. The van der Waals surface area contributed by atoms with Gasteiger partial charge in [0.2, 0.25) is 0 Å². The molecule has 0 aromatic heterocycles. The predicted octanol–water partition coefficient (Wildman–Crippen LogP) is 2.75. The first kappa shape index (κ1) is 11.5. The van der Waals surface area contributed by atoms with E-state index in [2.05, 4.69) is 51.8 Å². The lowest BCUT2D eigenvalue weighted by Gasteiger charge is -2.35. The second kappa shape index (κ2) is 4.09. The van der Waals surface area contributed by atoms with Crippen LogP contribution in [0.2, 0.25) is 0 Å². The van der Waals surface area contributed by atoms with E-state index in [0.717, 1.165) is 23.1 Å². The topological polar surface area (TPSA) is 41.6 Å². The SMILES string of the molecule is CCC1(C)CN=C(N)N1c1cccc(Br)c1. The van der Waals surface area contributed by atoms with Crippen LogP contribution in [0.4, 0.5) is 5.69 Å². The van der Waals surface area contributed by atoms with Crippen LogP contribution in [-0.4, -0.2) is 18.0 Å². The fourth-order valence-corrected chi connectivity index (χ4v) is 2.39. The highest BCUT2D eigenvalue weighted by molar-refractivity contribution is 9.10. The molecule has 1 unspecified atom stereocenters. The lowest BCUT2D eigenvalue weighted by molar-refractivity contribution is 0.486. The highest BCUT2D eigenvalue weighted by atomic mass is 79.9. The van der Waals surface area contributed by atoms with Gasteiger partial charge in [-0.15, -0.1) is 0 Å². The van der Waals surface area contributed by atoms with Crippen molar-refractivity contribution >= 4 is 27.6 Å². The average Bonchev–Trinajstić information content (AvgIpc) is 2.56. The minimum Gasteiger partial charge on any atom is -0.369 e. The number of nitrogens with zero attached hydrogens (tertiary/aromatic N) is 2. The minimum atomic E-state index is 0.00484. The Balaban J connectivity index is 2.42. The summed E-state index contributed by atoms with van der Waals surface area (Å²) in [5.74, 6) is 0.613. The molecule has 0 spiro atoms. The number of halogens is 1. The third kappa shape index (κ3) is 1.82. The van der Waals surface area contributed by atoms with Gasteiger partial charge in [0.05, 0.1) is 12.1 Å². The normalized spacial score (nSPS) is 24.7. The molecule has 86 valence electrons. The molecule has 3 nitrogen and oxygen atoms in total. The Morgan fingerprint density at radius 3 is 2.94 bits per heavy atom. The first-order valence-corrected chi connectivity index (χ1v) is 6.22. The Hall–Kier alpha value is -1.03. The van der Waals surface area contributed by atoms with Crippen molar-refractivity contribution in [3.05, 3.63) is 28.7 Å². The maximum Gasteiger partial charge on any atom is 0.196 e. The molecule has 0 amide bonds. The van der Waals surface area contributed by atoms with Crippen LogP contribution < -0.4 is 10.6 Å². The van der Waals surface area contributed by atoms with Crippen molar-refractivity contribution in [3.8, 4) is 0 Å². The number of guanidine groups is 1. The van der Waals surface area contributed by atoms with E-state index in [9.17, 15) is 0 Å². The molecule has 1 atom stereocenters. The number of aliphatic imine (C=N–C) groups is 1. The summed E-state index contributed by atoms with van der Waals surface area (Å²) in [5.41, 5.74) is 7.07. The van der Waals surface area contributed by atoms with Crippen LogP contribution in [0.5, 0.6) is 0 Å². The van der Waals surface area contributed by atoms with Gasteiger partial charge in [0.15, 0.2) is 5.96 Å². The lowest BCUT2D eigenvalue weighted by Crippen LogP contribution is -2.49. The zero-order valence-corrected chi connectivity index (χ0v) is 11.2. The molecule has 16 heavy (non-hydrogen) atoms. The van der Waals surface area contributed by atoms with E-state index < -0.39 is 0 Å². The Morgan fingerprint density at radius 2 is 2.31 bits per heavy atom. The van der Waals surface area contributed by atoms with Gasteiger partial charge < -0.3 is 10.6 Å². The maximum atomic E-state index is 5.97. The standard InChI is InChI=1S/C12H16BrN3/c1-3-12(2)8-15-11(14)16(12)10-6-4-5-9(13)7-10/h4-7H,3,8H2,1-2H3,(H2,14,15). The summed E-state index contributed by atoms with van der Waals surface area (Å²) < 4.78 is 1.06. The van der Waals surface area contributed by atoms with Gasteiger partial charge in [0.25, 0.3) is 0 Å². The molecule has 1 aromatic rings. The summed E-state index contributed by atoms with van der Waals surface area (Å²) in [6.45, 7) is 5.12. The minimum absolute atomic E-state index is 0.00484. The number of hydrogen-bond acceptors (Lipinski definition) is 3. The van der Waals surface area contributed by atoms with E-state index in [1.54, 1.807) is 0 Å². The zero-order valence-electron chi connectivity index (χ0n) is 9.57. The monoisotopic (exact) mass is 281 g/mol.